The molecule has 0 radical (unpaired) electrons. The van der Waals surface area contributed by atoms with Gasteiger partial charge in [-0.1, -0.05) is 0 Å². The maximum absolute atomic E-state index is 10.8. The molecule has 0 aliphatic heterocycles. The van der Waals surface area contributed by atoms with Crippen molar-refractivity contribution in [3.8, 4) is 0 Å². The first-order valence-electron chi connectivity index (χ1n) is 3.31. The molecule has 0 heterocycles. The molecule has 0 aromatic rings. The highest BCUT2D eigenvalue weighted by Gasteiger charge is 2.10. The van der Waals surface area contributed by atoms with E-state index in [1.54, 1.807) is 7.05 Å². The van der Waals surface area contributed by atoms with Gasteiger partial charge in [0.1, 0.15) is 6.04 Å². The number of amides is 2. The minimum absolute atomic E-state index is 0.192. The fourth-order valence-electron chi connectivity index (χ4n) is 0.524. The Balaban J connectivity index is 3.66. The maximum atomic E-state index is 10.8. The third-order valence-electron chi connectivity index (χ3n) is 1.14. The maximum Gasteiger partial charge on any atom is 0.239 e. The summed E-state index contributed by atoms with van der Waals surface area (Å²) >= 11 is 0. The first-order valence-corrected chi connectivity index (χ1v) is 3.31. The normalized spacial score (nSPS) is 12.2. The van der Waals surface area contributed by atoms with E-state index >= 15 is 0 Å². The van der Waals surface area contributed by atoms with Crippen molar-refractivity contribution in [3.05, 3.63) is 0 Å². The molecule has 0 bridgehead atoms. The number of hydrogen-bond donors (Lipinski definition) is 3. The van der Waals surface area contributed by atoms with Crippen LogP contribution in [-0.2, 0) is 9.59 Å². The van der Waals surface area contributed by atoms with Crippen molar-refractivity contribution >= 4 is 11.8 Å². The van der Waals surface area contributed by atoms with Crippen LogP contribution in [0.4, 0.5) is 0 Å². The lowest BCUT2D eigenvalue weighted by atomic mass is 10.3. The molecule has 0 saturated carbocycles. The Morgan fingerprint density at radius 1 is 1.55 bits per heavy atom. The van der Waals surface area contributed by atoms with Crippen molar-refractivity contribution in [2.45, 2.75) is 13.0 Å². The average molecular weight is 159 g/mol. The molecule has 2 amide bonds. The predicted molar refractivity (Wildman–Crippen MR) is 40.7 cm³/mol. The average Bonchev–Trinajstić information content (AvgIpc) is 1.87. The van der Waals surface area contributed by atoms with Crippen molar-refractivity contribution < 1.29 is 9.59 Å². The van der Waals surface area contributed by atoms with E-state index in [0.717, 1.165) is 0 Å². The molecular formula is C6H13N3O2. The summed E-state index contributed by atoms with van der Waals surface area (Å²) in [4.78, 5) is 21.2. The molecule has 11 heavy (non-hydrogen) atoms. The molecule has 0 saturated heterocycles. The summed E-state index contributed by atoms with van der Waals surface area (Å²) in [5, 5.41) is 5.05. The molecule has 0 unspecified atom stereocenters. The van der Waals surface area contributed by atoms with Crippen LogP contribution >= 0.6 is 0 Å². The van der Waals surface area contributed by atoms with Crippen molar-refractivity contribution in [1.82, 2.24) is 10.6 Å². The van der Waals surface area contributed by atoms with Gasteiger partial charge in [-0.25, -0.2) is 0 Å². The Kier molecular flexibility index (Phi) is 4.21. The van der Waals surface area contributed by atoms with Crippen molar-refractivity contribution in [2.24, 2.45) is 5.73 Å². The summed E-state index contributed by atoms with van der Waals surface area (Å²) in [5.74, 6) is -0.770. The highest BCUT2D eigenvalue weighted by Crippen LogP contribution is 1.77. The zero-order valence-corrected chi connectivity index (χ0v) is 6.68. The minimum Gasteiger partial charge on any atom is -0.368 e. The molecular weight excluding hydrogens is 146 g/mol. The van der Waals surface area contributed by atoms with Crippen LogP contribution in [0.25, 0.3) is 0 Å². The molecule has 0 fully saturated rings. The van der Waals surface area contributed by atoms with Crippen LogP contribution < -0.4 is 16.4 Å². The smallest absolute Gasteiger partial charge is 0.239 e. The second-order valence-corrected chi connectivity index (χ2v) is 2.22. The van der Waals surface area contributed by atoms with Gasteiger partial charge in [0.2, 0.25) is 11.8 Å². The molecule has 0 aliphatic rings. The summed E-state index contributed by atoms with van der Waals surface area (Å²) in [6, 6.07) is -0.601. The fourth-order valence-corrected chi connectivity index (χ4v) is 0.524. The lowest BCUT2D eigenvalue weighted by molar-refractivity contribution is -0.126. The highest BCUT2D eigenvalue weighted by molar-refractivity contribution is 5.86. The summed E-state index contributed by atoms with van der Waals surface area (Å²) in [5.41, 5.74) is 4.91. The lowest BCUT2D eigenvalue weighted by Gasteiger charge is -2.08. The fraction of sp³-hybridized carbons (Fsp3) is 0.667. The van der Waals surface area contributed by atoms with Crippen molar-refractivity contribution in [3.63, 3.8) is 0 Å². The van der Waals surface area contributed by atoms with Crippen LogP contribution in [0, 0.1) is 0 Å². The van der Waals surface area contributed by atoms with Crippen LogP contribution in [0.15, 0.2) is 0 Å². The number of primary amides is 1. The third kappa shape index (κ3) is 4.32. The minimum atomic E-state index is -0.601. The Hall–Kier alpha value is -1.10. The van der Waals surface area contributed by atoms with Crippen LogP contribution in [0.3, 0.4) is 0 Å². The zero-order valence-electron chi connectivity index (χ0n) is 6.68. The van der Waals surface area contributed by atoms with Gasteiger partial charge in [-0.2, -0.15) is 0 Å². The number of hydrogen-bond acceptors (Lipinski definition) is 3. The molecule has 0 aromatic carbocycles. The van der Waals surface area contributed by atoms with Crippen LogP contribution in [-0.4, -0.2) is 31.4 Å². The van der Waals surface area contributed by atoms with E-state index in [4.69, 9.17) is 5.73 Å². The summed E-state index contributed by atoms with van der Waals surface area (Å²) in [6.45, 7) is 1.73. The zero-order chi connectivity index (χ0) is 8.85. The van der Waals surface area contributed by atoms with Crippen molar-refractivity contribution in [2.75, 3.05) is 13.6 Å². The third-order valence-corrected chi connectivity index (χ3v) is 1.14. The molecule has 64 valence electrons. The van der Waals surface area contributed by atoms with Crippen LogP contribution in [0.2, 0.25) is 0 Å². The SMILES string of the molecule is CNCC(=O)N[C@@H](C)C(N)=O. The first-order chi connectivity index (χ1) is 5.07. The van der Waals surface area contributed by atoms with Gasteiger partial charge in [-0.3, -0.25) is 9.59 Å². The molecule has 1 atom stereocenters. The number of carbonyl (C=O) groups excluding carboxylic acids is 2. The predicted octanol–water partition coefficient (Wildman–Crippen LogP) is -1.80. The summed E-state index contributed by atoms with van der Waals surface area (Å²) < 4.78 is 0. The Morgan fingerprint density at radius 3 is 2.45 bits per heavy atom. The summed E-state index contributed by atoms with van der Waals surface area (Å²) in [6.07, 6.45) is 0. The summed E-state index contributed by atoms with van der Waals surface area (Å²) in [7, 11) is 1.65. The van der Waals surface area contributed by atoms with Crippen molar-refractivity contribution in [1.29, 1.82) is 0 Å². The van der Waals surface area contributed by atoms with E-state index in [-0.39, 0.29) is 12.5 Å². The standard InChI is InChI=1S/C6H13N3O2/c1-4(6(7)11)9-5(10)3-8-2/h4,8H,3H2,1-2H3,(H2,7,11)(H,9,10)/t4-/m0/s1. The number of rotatable bonds is 4. The Bertz CT molecular complexity index is 158. The number of nitrogens with one attached hydrogen (secondary N) is 2. The lowest BCUT2D eigenvalue weighted by Crippen LogP contribution is -2.45. The van der Waals surface area contributed by atoms with Gasteiger partial charge in [0.05, 0.1) is 6.54 Å². The van der Waals surface area contributed by atoms with Gasteiger partial charge in [0.25, 0.3) is 0 Å². The number of carbonyl (C=O) groups is 2. The topological polar surface area (TPSA) is 84.2 Å². The molecule has 0 rings (SSSR count). The Labute approximate surface area is 65.3 Å². The van der Waals surface area contributed by atoms with Gasteiger partial charge in [0.15, 0.2) is 0 Å². The van der Waals surface area contributed by atoms with Gasteiger partial charge >= 0.3 is 0 Å². The van der Waals surface area contributed by atoms with E-state index < -0.39 is 11.9 Å². The highest BCUT2D eigenvalue weighted by atomic mass is 16.2. The Morgan fingerprint density at radius 2 is 2.09 bits per heavy atom. The van der Waals surface area contributed by atoms with E-state index in [0.29, 0.717) is 0 Å². The van der Waals surface area contributed by atoms with E-state index in [2.05, 4.69) is 10.6 Å². The molecule has 0 aliphatic carbocycles. The van der Waals surface area contributed by atoms with Crippen LogP contribution in [0.5, 0.6) is 0 Å². The second-order valence-electron chi connectivity index (χ2n) is 2.22. The molecule has 0 spiro atoms. The van der Waals surface area contributed by atoms with Gasteiger partial charge in [0, 0.05) is 0 Å². The van der Waals surface area contributed by atoms with E-state index in [9.17, 15) is 9.59 Å². The van der Waals surface area contributed by atoms with E-state index in [1.165, 1.54) is 6.92 Å². The quantitative estimate of drug-likeness (QED) is 0.452. The molecule has 4 N–H and O–H groups in total. The monoisotopic (exact) mass is 159 g/mol. The second kappa shape index (κ2) is 4.68. The van der Waals surface area contributed by atoms with Gasteiger partial charge in [-0.15, -0.1) is 0 Å². The van der Waals surface area contributed by atoms with E-state index in [1.807, 2.05) is 0 Å². The number of nitrogens with two attached hydrogens (primary N) is 1. The number of likely N-dealkylation sites (N-methyl/N-ethyl adjacent to an activating group) is 1. The first kappa shape index (κ1) is 9.90. The van der Waals surface area contributed by atoms with Gasteiger partial charge in [-0.05, 0) is 14.0 Å². The molecule has 0 aromatic heterocycles. The van der Waals surface area contributed by atoms with Crippen LogP contribution in [0.1, 0.15) is 6.92 Å². The molecule has 5 heteroatoms. The van der Waals surface area contributed by atoms with Gasteiger partial charge < -0.3 is 16.4 Å². The largest absolute Gasteiger partial charge is 0.368 e. The molecule has 5 nitrogen and oxygen atoms in total.